The number of benzene rings is 2. The molecular weight excluding hydrogens is 272 g/mol. The van der Waals surface area contributed by atoms with Crippen molar-refractivity contribution >= 4 is 11.0 Å². The highest BCUT2D eigenvalue weighted by Crippen LogP contribution is 2.31. The fourth-order valence-corrected chi connectivity index (χ4v) is 2.30. The predicted octanol–water partition coefficient (Wildman–Crippen LogP) is 4.49. The number of hydrogen-bond donors (Lipinski definition) is 1. The van der Waals surface area contributed by atoms with Crippen molar-refractivity contribution in [3.63, 3.8) is 0 Å². The van der Waals surface area contributed by atoms with Crippen LogP contribution in [-0.2, 0) is 6.54 Å². The Kier molecular flexibility index (Phi) is 3.71. The zero-order valence-corrected chi connectivity index (χ0v) is 11.6. The molecule has 1 N–H and O–H groups in total. The fourth-order valence-electron chi connectivity index (χ4n) is 2.30. The number of furan rings is 1. The van der Waals surface area contributed by atoms with E-state index in [4.69, 9.17) is 4.42 Å². The summed E-state index contributed by atoms with van der Waals surface area (Å²) >= 11 is 0. The van der Waals surface area contributed by atoms with Gasteiger partial charge in [-0.3, -0.25) is 0 Å². The van der Waals surface area contributed by atoms with Crippen LogP contribution in [0, 0.1) is 11.6 Å². The van der Waals surface area contributed by atoms with Crippen LogP contribution in [0.3, 0.4) is 0 Å². The summed E-state index contributed by atoms with van der Waals surface area (Å²) in [7, 11) is 0. The largest absolute Gasteiger partial charge is 0.453 e. The third-order valence-electron chi connectivity index (χ3n) is 3.37. The minimum Gasteiger partial charge on any atom is -0.453 e. The average molecular weight is 287 g/mol. The summed E-state index contributed by atoms with van der Waals surface area (Å²) in [6.45, 7) is 3.43. The normalized spacial score (nSPS) is 11.2. The van der Waals surface area contributed by atoms with Gasteiger partial charge in [0.2, 0.25) is 0 Å². The highest BCUT2D eigenvalue weighted by molar-refractivity contribution is 5.83. The third kappa shape index (κ3) is 2.67. The van der Waals surface area contributed by atoms with E-state index in [-0.39, 0.29) is 11.4 Å². The minimum absolute atomic E-state index is 0.156. The van der Waals surface area contributed by atoms with E-state index in [0.29, 0.717) is 23.3 Å². The maximum atomic E-state index is 14.2. The summed E-state index contributed by atoms with van der Waals surface area (Å²) in [5.41, 5.74) is 1.36. The maximum absolute atomic E-state index is 14.2. The van der Waals surface area contributed by atoms with E-state index >= 15 is 0 Å². The van der Waals surface area contributed by atoms with Crippen LogP contribution in [0.1, 0.15) is 12.5 Å². The molecule has 0 bridgehead atoms. The molecule has 0 aliphatic carbocycles. The molecule has 0 saturated carbocycles. The lowest BCUT2D eigenvalue weighted by Crippen LogP contribution is -2.11. The quantitative estimate of drug-likeness (QED) is 0.765. The van der Waals surface area contributed by atoms with Crippen LogP contribution in [0.4, 0.5) is 8.78 Å². The molecule has 3 rings (SSSR count). The molecule has 0 spiro atoms. The van der Waals surface area contributed by atoms with Crippen molar-refractivity contribution in [1.82, 2.24) is 5.32 Å². The molecule has 0 aliphatic heterocycles. The van der Waals surface area contributed by atoms with Crippen LogP contribution in [0.25, 0.3) is 22.3 Å². The van der Waals surface area contributed by atoms with Crippen molar-refractivity contribution < 1.29 is 13.2 Å². The first-order chi connectivity index (χ1) is 10.2. The van der Waals surface area contributed by atoms with Crippen LogP contribution in [0.2, 0.25) is 0 Å². The minimum atomic E-state index is -0.442. The van der Waals surface area contributed by atoms with Gasteiger partial charge in [-0.2, -0.15) is 0 Å². The zero-order valence-electron chi connectivity index (χ0n) is 11.6. The van der Waals surface area contributed by atoms with Gasteiger partial charge >= 0.3 is 0 Å². The molecule has 1 heterocycles. The third-order valence-corrected chi connectivity index (χ3v) is 3.37. The molecule has 4 heteroatoms. The van der Waals surface area contributed by atoms with Gasteiger partial charge in [-0.1, -0.05) is 25.1 Å². The Morgan fingerprint density at radius 3 is 2.62 bits per heavy atom. The summed E-state index contributed by atoms with van der Waals surface area (Å²) in [6, 6.07) is 11.3. The lowest BCUT2D eigenvalue weighted by atomic mass is 10.1. The van der Waals surface area contributed by atoms with Crippen molar-refractivity contribution in [1.29, 1.82) is 0 Å². The van der Waals surface area contributed by atoms with Gasteiger partial charge in [0.1, 0.15) is 11.6 Å². The highest BCUT2D eigenvalue weighted by atomic mass is 19.1. The summed E-state index contributed by atoms with van der Waals surface area (Å²) in [5, 5.41) is 3.77. The van der Waals surface area contributed by atoms with Crippen LogP contribution in [0.5, 0.6) is 0 Å². The first-order valence-corrected chi connectivity index (χ1v) is 6.86. The Bertz CT molecular complexity index is 780. The summed E-state index contributed by atoms with van der Waals surface area (Å²) < 4.78 is 33.3. The molecule has 0 atom stereocenters. The van der Waals surface area contributed by atoms with Crippen LogP contribution < -0.4 is 5.32 Å². The number of halogens is 2. The van der Waals surface area contributed by atoms with E-state index in [1.165, 1.54) is 12.1 Å². The van der Waals surface area contributed by atoms with E-state index in [1.54, 1.807) is 24.3 Å². The summed E-state index contributed by atoms with van der Waals surface area (Å²) in [4.78, 5) is 0. The molecule has 0 unspecified atom stereocenters. The Morgan fingerprint density at radius 1 is 1.05 bits per heavy atom. The van der Waals surface area contributed by atoms with Gasteiger partial charge in [0.15, 0.2) is 11.4 Å². The number of rotatable bonds is 4. The molecule has 0 radical (unpaired) electrons. The molecule has 1 aromatic heterocycles. The van der Waals surface area contributed by atoms with Crippen molar-refractivity contribution in [3.05, 3.63) is 59.7 Å². The molecule has 0 fully saturated rings. The highest BCUT2D eigenvalue weighted by Gasteiger charge is 2.13. The summed E-state index contributed by atoms with van der Waals surface area (Å²) in [6.07, 6.45) is 0. The summed E-state index contributed by atoms with van der Waals surface area (Å²) in [5.74, 6) is -0.476. The smallest absolute Gasteiger partial charge is 0.170 e. The van der Waals surface area contributed by atoms with E-state index in [2.05, 4.69) is 5.32 Å². The Balaban J connectivity index is 2.00. The van der Waals surface area contributed by atoms with Crippen molar-refractivity contribution in [2.45, 2.75) is 13.5 Å². The van der Waals surface area contributed by atoms with E-state index < -0.39 is 5.82 Å². The molecule has 108 valence electrons. The molecule has 21 heavy (non-hydrogen) atoms. The van der Waals surface area contributed by atoms with Crippen LogP contribution in [0.15, 0.2) is 46.9 Å². The van der Waals surface area contributed by atoms with Crippen LogP contribution in [-0.4, -0.2) is 6.54 Å². The lowest BCUT2D eigenvalue weighted by Gasteiger charge is -2.05. The number of fused-ring (bicyclic) bond motifs is 1. The first-order valence-electron chi connectivity index (χ1n) is 6.86. The van der Waals surface area contributed by atoms with Gasteiger partial charge in [-0.25, -0.2) is 8.78 Å². The topological polar surface area (TPSA) is 25.2 Å². The van der Waals surface area contributed by atoms with E-state index in [1.807, 2.05) is 13.0 Å². The Labute approximate surface area is 121 Å². The van der Waals surface area contributed by atoms with Gasteiger partial charge in [-0.15, -0.1) is 0 Å². The predicted molar refractivity (Wildman–Crippen MR) is 78.9 cm³/mol. The SMILES string of the molecule is CCNCc1ccc(-c2cc3cccc(F)c3o2)c(F)c1. The first kappa shape index (κ1) is 13.8. The van der Waals surface area contributed by atoms with E-state index in [9.17, 15) is 8.78 Å². The second-order valence-electron chi connectivity index (χ2n) is 4.86. The molecule has 2 nitrogen and oxygen atoms in total. The monoisotopic (exact) mass is 287 g/mol. The van der Waals surface area contributed by atoms with Gasteiger partial charge < -0.3 is 9.73 Å². The molecule has 3 aromatic rings. The maximum Gasteiger partial charge on any atom is 0.170 e. The van der Waals surface area contributed by atoms with Crippen molar-refractivity contribution in [2.75, 3.05) is 6.54 Å². The van der Waals surface area contributed by atoms with Crippen molar-refractivity contribution in [2.24, 2.45) is 0 Å². The standard InChI is InChI=1S/C17H15F2NO/c1-2-20-10-11-6-7-13(15(19)8-11)16-9-12-4-3-5-14(18)17(12)21-16/h3-9,20H,2,10H2,1H3. The van der Waals surface area contributed by atoms with Gasteiger partial charge in [-0.05, 0) is 36.4 Å². The Morgan fingerprint density at radius 2 is 1.90 bits per heavy atom. The van der Waals surface area contributed by atoms with Gasteiger partial charge in [0.05, 0.1) is 5.56 Å². The van der Waals surface area contributed by atoms with Crippen LogP contribution >= 0.6 is 0 Å². The molecule has 0 amide bonds. The second-order valence-corrected chi connectivity index (χ2v) is 4.86. The lowest BCUT2D eigenvalue weighted by molar-refractivity contribution is 0.562. The number of para-hydroxylation sites is 1. The van der Waals surface area contributed by atoms with Gasteiger partial charge in [0.25, 0.3) is 0 Å². The number of nitrogens with one attached hydrogen (secondary N) is 1. The molecule has 2 aromatic carbocycles. The number of hydrogen-bond acceptors (Lipinski definition) is 2. The second kappa shape index (κ2) is 5.66. The molecule has 0 aliphatic rings. The van der Waals surface area contributed by atoms with Crippen molar-refractivity contribution in [3.8, 4) is 11.3 Å². The Hall–Kier alpha value is -2.20. The fraction of sp³-hybridized carbons (Fsp3) is 0.176. The van der Waals surface area contributed by atoms with E-state index in [0.717, 1.165) is 12.1 Å². The zero-order chi connectivity index (χ0) is 14.8. The average Bonchev–Trinajstić information content (AvgIpc) is 2.90. The van der Waals surface area contributed by atoms with Gasteiger partial charge in [0, 0.05) is 11.9 Å². The molecular formula is C17H15F2NO. The molecule has 0 saturated heterocycles.